The van der Waals surface area contributed by atoms with Crippen LogP contribution in [-0.4, -0.2) is 39.8 Å². The SMILES string of the molecule is CC1(O)CCN(c2nc3c(cc2C(N)=NO)CCCC3)C1. The van der Waals surface area contributed by atoms with E-state index in [1.54, 1.807) is 0 Å². The molecule has 3 rings (SSSR count). The summed E-state index contributed by atoms with van der Waals surface area (Å²) in [5.41, 5.74) is 8.09. The monoisotopic (exact) mass is 290 g/mol. The molecule has 0 spiro atoms. The van der Waals surface area contributed by atoms with Gasteiger partial charge in [-0.05, 0) is 50.7 Å². The standard InChI is InChI=1S/C15H22N4O2/c1-15(20)6-7-19(9-15)14-11(13(16)18-21)8-10-4-2-3-5-12(10)17-14/h8,20-21H,2-7,9H2,1H3,(H2,16,18). The minimum atomic E-state index is -0.708. The predicted octanol–water partition coefficient (Wildman–Crippen LogP) is 1.02. The summed E-state index contributed by atoms with van der Waals surface area (Å²) in [5, 5.41) is 22.3. The van der Waals surface area contributed by atoms with Gasteiger partial charge in [-0.15, -0.1) is 0 Å². The average molecular weight is 290 g/mol. The van der Waals surface area contributed by atoms with Crippen LogP contribution in [0.15, 0.2) is 11.2 Å². The Balaban J connectivity index is 2.05. The molecule has 2 aliphatic rings. The van der Waals surface area contributed by atoms with Crippen molar-refractivity contribution in [1.82, 2.24) is 4.98 Å². The number of nitrogens with two attached hydrogens (primary N) is 1. The van der Waals surface area contributed by atoms with Gasteiger partial charge in [-0.1, -0.05) is 5.16 Å². The Morgan fingerprint density at radius 2 is 2.19 bits per heavy atom. The van der Waals surface area contributed by atoms with Crippen LogP contribution < -0.4 is 10.6 Å². The summed E-state index contributed by atoms with van der Waals surface area (Å²) in [7, 11) is 0. The van der Waals surface area contributed by atoms with Crippen LogP contribution in [0.1, 0.15) is 43.0 Å². The highest BCUT2D eigenvalue weighted by Crippen LogP contribution is 2.31. The molecule has 114 valence electrons. The van der Waals surface area contributed by atoms with E-state index in [1.807, 2.05) is 17.9 Å². The fourth-order valence-corrected chi connectivity index (χ4v) is 3.23. The Bertz CT molecular complexity index is 583. The van der Waals surface area contributed by atoms with Crippen molar-refractivity contribution in [1.29, 1.82) is 0 Å². The van der Waals surface area contributed by atoms with E-state index in [0.29, 0.717) is 18.5 Å². The zero-order chi connectivity index (χ0) is 15.0. The molecular weight excluding hydrogens is 268 g/mol. The Morgan fingerprint density at radius 3 is 2.86 bits per heavy atom. The van der Waals surface area contributed by atoms with Gasteiger partial charge in [-0.2, -0.15) is 0 Å². The van der Waals surface area contributed by atoms with E-state index in [-0.39, 0.29) is 5.84 Å². The third-order valence-electron chi connectivity index (χ3n) is 4.42. The van der Waals surface area contributed by atoms with Gasteiger partial charge in [0.25, 0.3) is 0 Å². The fourth-order valence-electron chi connectivity index (χ4n) is 3.23. The third kappa shape index (κ3) is 2.68. The van der Waals surface area contributed by atoms with E-state index < -0.39 is 5.60 Å². The van der Waals surface area contributed by atoms with Crippen molar-refractivity contribution < 1.29 is 10.3 Å². The quantitative estimate of drug-likeness (QED) is 0.327. The van der Waals surface area contributed by atoms with Gasteiger partial charge in [0.2, 0.25) is 0 Å². The number of pyridine rings is 1. The van der Waals surface area contributed by atoms with Crippen LogP contribution in [0.5, 0.6) is 0 Å². The topological polar surface area (TPSA) is 95.0 Å². The van der Waals surface area contributed by atoms with Crippen molar-refractivity contribution in [2.24, 2.45) is 10.9 Å². The molecule has 1 atom stereocenters. The molecule has 0 aromatic carbocycles. The molecule has 6 heteroatoms. The van der Waals surface area contributed by atoms with E-state index in [1.165, 1.54) is 5.56 Å². The lowest BCUT2D eigenvalue weighted by Gasteiger charge is -2.25. The molecule has 0 amide bonds. The van der Waals surface area contributed by atoms with Crippen LogP contribution in [0.4, 0.5) is 5.82 Å². The number of nitrogens with zero attached hydrogens (tertiary/aromatic N) is 3. The molecule has 21 heavy (non-hydrogen) atoms. The number of hydrogen-bond acceptors (Lipinski definition) is 5. The van der Waals surface area contributed by atoms with Gasteiger partial charge in [0, 0.05) is 18.8 Å². The van der Waals surface area contributed by atoms with Crippen molar-refractivity contribution >= 4 is 11.7 Å². The molecule has 4 N–H and O–H groups in total. The van der Waals surface area contributed by atoms with Crippen molar-refractivity contribution in [3.63, 3.8) is 0 Å². The molecule has 0 bridgehead atoms. The van der Waals surface area contributed by atoms with E-state index in [9.17, 15) is 5.11 Å². The maximum absolute atomic E-state index is 10.2. The number of anilines is 1. The second kappa shape index (κ2) is 5.18. The molecular formula is C15H22N4O2. The minimum absolute atomic E-state index is 0.0809. The number of aliphatic hydroxyl groups is 1. The normalized spacial score (nSPS) is 26.0. The van der Waals surface area contributed by atoms with Crippen LogP contribution >= 0.6 is 0 Å². The first kappa shape index (κ1) is 14.1. The van der Waals surface area contributed by atoms with Crippen LogP contribution in [-0.2, 0) is 12.8 Å². The highest BCUT2D eigenvalue weighted by Gasteiger charge is 2.34. The molecule has 1 aliphatic carbocycles. The Kier molecular flexibility index (Phi) is 3.49. The van der Waals surface area contributed by atoms with Gasteiger partial charge in [0.05, 0.1) is 11.2 Å². The second-order valence-electron chi connectivity index (χ2n) is 6.33. The Morgan fingerprint density at radius 1 is 1.43 bits per heavy atom. The number of amidine groups is 1. The van der Waals surface area contributed by atoms with Gasteiger partial charge in [0.15, 0.2) is 5.84 Å². The molecule has 1 saturated heterocycles. The van der Waals surface area contributed by atoms with Crippen LogP contribution in [0, 0.1) is 0 Å². The van der Waals surface area contributed by atoms with Crippen molar-refractivity contribution in [2.45, 2.75) is 44.6 Å². The molecule has 2 heterocycles. The number of aryl methyl sites for hydroxylation is 2. The van der Waals surface area contributed by atoms with Crippen molar-refractivity contribution in [3.05, 3.63) is 22.9 Å². The fraction of sp³-hybridized carbons (Fsp3) is 0.600. The molecule has 1 fully saturated rings. The van der Waals surface area contributed by atoms with E-state index in [0.717, 1.165) is 43.7 Å². The largest absolute Gasteiger partial charge is 0.409 e. The highest BCUT2D eigenvalue weighted by atomic mass is 16.4. The zero-order valence-electron chi connectivity index (χ0n) is 12.3. The van der Waals surface area contributed by atoms with Crippen molar-refractivity contribution in [3.8, 4) is 0 Å². The summed E-state index contributed by atoms with van der Waals surface area (Å²) in [6.45, 7) is 3.07. The molecule has 6 nitrogen and oxygen atoms in total. The Labute approximate surface area is 124 Å². The molecule has 1 aromatic rings. The number of fused-ring (bicyclic) bond motifs is 1. The zero-order valence-corrected chi connectivity index (χ0v) is 12.3. The molecule has 1 aliphatic heterocycles. The summed E-state index contributed by atoms with van der Waals surface area (Å²) < 4.78 is 0. The number of β-amino-alcohol motifs (C(OH)–C–C–N with tert-alkyl or cyclic N) is 1. The van der Waals surface area contributed by atoms with Crippen LogP contribution in [0.2, 0.25) is 0 Å². The van der Waals surface area contributed by atoms with Gasteiger partial charge >= 0.3 is 0 Å². The molecule has 1 unspecified atom stereocenters. The molecule has 0 radical (unpaired) electrons. The predicted molar refractivity (Wildman–Crippen MR) is 80.8 cm³/mol. The number of hydrogen-bond donors (Lipinski definition) is 3. The highest BCUT2D eigenvalue weighted by molar-refractivity contribution is 6.01. The van der Waals surface area contributed by atoms with E-state index >= 15 is 0 Å². The maximum atomic E-state index is 10.2. The van der Waals surface area contributed by atoms with Gasteiger partial charge in [0.1, 0.15) is 5.82 Å². The van der Waals surface area contributed by atoms with Crippen LogP contribution in [0.3, 0.4) is 0 Å². The van der Waals surface area contributed by atoms with Gasteiger partial charge in [-0.3, -0.25) is 0 Å². The lowest BCUT2D eigenvalue weighted by Crippen LogP contribution is -2.32. The minimum Gasteiger partial charge on any atom is -0.409 e. The number of oxime groups is 1. The number of aromatic nitrogens is 1. The first-order valence-electron chi connectivity index (χ1n) is 7.48. The van der Waals surface area contributed by atoms with E-state index in [2.05, 4.69) is 5.16 Å². The van der Waals surface area contributed by atoms with Gasteiger partial charge in [-0.25, -0.2) is 4.98 Å². The summed E-state index contributed by atoms with van der Waals surface area (Å²) in [6.07, 6.45) is 4.97. The lowest BCUT2D eigenvalue weighted by molar-refractivity contribution is 0.0839. The van der Waals surface area contributed by atoms with E-state index in [4.69, 9.17) is 15.9 Å². The second-order valence-corrected chi connectivity index (χ2v) is 6.33. The maximum Gasteiger partial charge on any atom is 0.173 e. The van der Waals surface area contributed by atoms with Crippen molar-refractivity contribution in [2.75, 3.05) is 18.0 Å². The smallest absolute Gasteiger partial charge is 0.173 e. The number of rotatable bonds is 2. The van der Waals surface area contributed by atoms with Gasteiger partial charge < -0.3 is 20.9 Å². The molecule has 1 aromatic heterocycles. The molecule has 0 saturated carbocycles. The summed E-state index contributed by atoms with van der Waals surface area (Å²) >= 11 is 0. The average Bonchev–Trinajstić information content (AvgIpc) is 2.85. The third-order valence-corrected chi connectivity index (χ3v) is 4.42. The summed E-state index contributed by atoms with van der Waals surface area (Å²) in [4.78, 5) is 6.80. The first-order chi connectivity index (χ1) is 10.00. The summed E-state index contributed by atoms with van der Waals surface area (Å²) in [6, 6.07) is 2.00. The first-order valence-corrected chi connectivity index (χ1v) is 7.48. The lowest BCUT2D eigenvalue weighted by atomic mass is 9.94. The summed E-state index contributed by atoms with van der Waals surface area (Å²) in [5.74, 6) is 0.807. The Hall–Kier alpha value is -1.82. The van der Waals surface area contributed by atoms with Crippen LogP contribution in [0.25, 0.3) is 0 Å².